The lowest BCUT2D eigenvalue weighted by atomic mass is 10.2. The number of nitrogens with one attached hydrogen (secondary N) is 1. The standard InChI is InChI=1S/C14H21NOS2/c1-4-6-15-11(9-16-10(2)3)13-8-14-12(18-13)5-7-17-14/h5,7-8,10-11,15H,4,6,9H2,1-3H3. The fourth-order valence-electron chi connectivity index (χ4n) is 1.81. The van der Waals surface area contributed by atoms with E-state index in [1.807, 2.05) is 22.7 Å². The summed E-state index contributed by atoms with van der Waals surface area (Å²) in [6.07, 6.45) is 1.44. The van der Waals surface area contributed by atoms with E-state index in [0.717, 1.165) is 19.6 Å². The summed E-state index contributed by atoms with van der Waals surface area (Å²) in [4.78, 5) is 1.39. The monoisotopic (exact) mass is 283 g/mol. The molecule has 0 aliphatic rings. The molecule has 1 atom stereocenters. The van der Waals surface area contributed by atoms with Gasteiger partial charge in [-0.1, -0.05) is 6.92 Å². The van der Waals surface area contributed by atoms with E-state index in [9.17, 15) is 0 Å². The van der Waals surface area contributed by atoms with Crippen LogP contribution in [0.15, 0.2) is 17.5 Å². The average molecular weight is 283 g/mol. The Hall–Kier alpha value is -0.420. The van der Waals surface area contributed by atoms with Crippen molar-refractivity contribution in [1.29, 1.82) is 0 Å². The summed E-state index contributed by atoms with van der Waals surface area (Å²) in [5.41, 5.74) is 0. The maximum Gasteiger partial charge on any atom is 0.0672 e. The molecule has 0 aliphatic carbocycles. The lowest BCUT2D eigenvalue weighted by molar-refractivity contribution is 0.0618. The van der Waals surface area contributed by atoms with Crippen LogP contribution in [0.5, 0.6) is 0 Å². The van der Waals surface area contributed by atoms with Gasteiger partial charge in [-0.2, -0.15) is 0 Å². The zero-order valence-electron chi connectivity index (χ0n) is 11.2. The summed E-state index contributed by atoms with van der Waals surface area (Å²) in [6, 6.07) is 4.84. The SMILES string of the molecule is CCCNC(COC(C)C)c1cc2sccc2s1. The highest BCUT2D eigenvalue weighted by Crippen LogP contribution is 2.33. The minimum Gasteiger partial charge on any atom is -0.377 e. The molecule has 2 nitrogen and oxygen atoms in total. The normalized spacial score (nSPS) is 13.6. The van der Waals surface area contributed by atoms with Gasteiger partial charge in [-0.05, 0) is 44.3 Å². The molecule has 100 valence electrons. The summed E-state index contributed by atoms with van der Waals surface area (Å²) in [6.45, 7) is 8.16. The van der Waals surface area contributed by atoms with Gasteiger partial charge in [0.25, 0.3) is 0 Å². The number of thiophene rings is 2. The molecule has 0 spiro atoms. The molecule has 0 amide bonds. The predicted molar refractivity (Wildman–Crippen MR) is 81.8 cm³/mol. The second-order valence-corrected chi connectivity index (χ2v) is 6.75. The van der Waals surface area contributed by atoms with Crippen LogP contribution in [-0.2, 0) is 4.74 Å². The van der Waals surface area contributed by atoms with Gasteiger partial charge in [-0.25, -0.2) is 0 Å². The van der Waals surface area contributed by atoms with Crippen LogP contribution in [-0.4, -0.2) is 19.3 Å². The first-order valence-corrected chi connectivity index (χ1v) is 8.22. The van der Waals surface area contributed by atoms with Crippen LogP contribution in [0.3, 0.4) is 0 Å². The van der Waals surface area contributed by atoms with Crippen molar-refractivity contribution >= 4 is 32.1 Å². The van der Waals surface area contributed by atoms with Gasteiger partial charge in [0, 0.05) is 14.3 Å². The minimum absolute atomic E-state index is 0.289. The Morgan fingerprint density at radius 3 is 2.83 bits per heavy atom. The molecule has 2 heterocycles. The molecule has 0 fully saturated rings. The second-order valence-electron chi connectivity index (χ2n) is 4.69. The Morgan fingerprint density at radius 2 is 2.17 bits per heavy atom. The number of hydrogen-bond acceptors (Lipinski definition) is 4. The van der Waals surface area contributed by atoms with Gasteiger partial charge in [0.1, 0.15) is 0 Å². The van der Waals surface area contributed by atoms with E-state index in [1.54, 1.807) is 0 Å². The van der Waals surface area contributed by atoms with Crippen molar-refractivity contribution in [2.45, 2.75) is 39.3 Å². The summed E-state index contributed by atoms with van der Waals surface area (Å²) in [5, 5.41) is 5.74. The van der Waals surface area contributed by atoms with Crippen molar-refractivity contribution in [2.24, 2.45) is 0 Å². The first kappa shape index (κ1) is 14.0. The molecule has 2 aromatic heterocycles. The van der Waals surface area contributed by atoms with Gasteiger partial charge in [-0.15, -0.1) is 22.7 Å². The Bertz CT molecular complexity index is 446. The zero-order valence-corrected chi connectivity index (χ0v) is 12.9. The predicted octanol–water partition coefficient (Wildman–Crippen LogP) is 4.43. The largest absolute Gasteiger partial charge is 0.377 e. The molecule has 0 bridgehead atoms. The zero-order chi connectivity index (χ0) is 13.0. The third kappa shape index (κ3) is 3.54. The van der Waals surface area contributed by atoms with Crippen LogP contribution in [0.2, 0.25) is 0 Å². The average Bonchev–Trinajstić information content (AvgIpc) is 2.89. The Balaban J connectivity index is 2.08. The fraction of sp³-hybridized carbons (Fsp3) is 0.571. The molecule has 0 saturated heterocycles. The van der Waals surface area contributed by atoms with Crippen molar-refractivity contribution in [3.8, 4) is 0 Å². The van der Waals surface area contributed by atoms with Crippen LogP contribution < -0.4 is 5.32 Å². The fourth-order valence-corrected chi connectivity index (χ4v) is 3.99. The third-order valence-electron chi connectivity index (χ3n) is 2.74. The van der Waals surface area contributed by atoms with E-state index >= 15 is 0 Å². The lowest BCUT2D eigenvalue weighted by Gasteiger charge is -2.18. The van der Waals surface area contributed by atoms with Gasteiger partial charge in [0.05, 0.1) is 18.8 Å². The quantitative estimate of drug-likeness (QED) is 0.811. The molecule has 1 unspecified atom stereocenters. The van der Waals surface area contributed by atoms with E-state index in [1.165, 1.54) is 14.3 Å². The van der Waals surface area contributed by atoms with Crippen LogP contribution >= 0.6 is 22.7 Å². The molecule has 0 saturated carbocycles. The third-order valence-corrected chi connectivity index (χ3v) is 4.95. The molecule has 2 rings (SSSR count). The highest BCUT2D eigenvalue weighted by Gasteiger charge is 2.15. The smallest absolute Gasteiger partial charge is 0.0672 e. The van der Waals surface area contributed by atoms with E-state index in [4.69, 9.17) is 4.74 Å². The van der Waals surface area contributed by atoms with E-state index in [-0.39, 0.29) is 6.10 Å². The molecule has 0 aliphatic heterocycles. The van der Waals surface area contributed by atoms with Crippen molar-refractivity contribution in [2.75, 3.05) is 13.2 Å². The minimum atomic E-state index is 0.289. The van der Waals surface area contributed by atoms with Gasteiger partial charge in [-0.3, -0.25) is 0 Å². The number of hydrogen-bond donors (Lipinski definition) is 1. The topological polar surface area (TPSA) is 21.3 Å². The van der Waals surface area contributed by atoms with Gasteiger partial charge < -0.3 is 10.1 Å². The van der Waals surface area contributed by atoms with Crippen LogP contribution in [0.4, 0.5) is 0 Å². The van der Waals surface area contributed by atoms with Gasteiger partial charge in [0.15, 0.2) is 0 Å². The summed E-state index contributed by atoms with van der Waals surface area (Å²) in [5.74, 6) is 0. The molecule has 18 heavy (non-hydrogen) atoms. The molecular formula is C14H21NOS2. The summed E-state index contributed by atoms with van der Waals surface area (Å²) < 4.78 is 8.56. The molecule has 4 heteroatoms. The molecule has 1 N–H and O–H groups in total. The van der Waals surface area contributed by atoms with Gasteiger partial charge in [0.2, 0.25) is 0 Å². The van der Waals surface area contributed by atoms with Crippen molar-refractivity contribution < 1.29 is 4.74 Å². The molecule has 2 aromatic rings. The first-order valence-electron chi connectivity index (χ1n) is 6.52. The summed E-state index contributed by atoms with van der Waals surface area (Å²) >= 11 is 3.70. The maximum atomic E-state index is 5.78. The van der Waals surface area contributed by atoms with Crippen LogP contribution in [0, 0.1) is 0 Å². The van der Waals surface area contributed by atoms with Crippen molar-refractivity contribution in [1.82, 2.24) is 5.32 Å². The summed E-state index contributed by atoms with van der Waals surface area (Å²) in [7, 11) is 0. The first-order chi connectivity index (χ1) is 8.70. The maximum absolute atomic E-state index is 5.78. The second kappa shape index (κ2) is 6.66. The van der Waals surface area contributed by atoms with Crippen molar-refractivity contribution in [3.05, 3.63) is 22.4 Å². The number of rotatable bonds is 7. The van der Waals surface area contributed by atoms with Crippen LogP contribution in [0.25, 0.3) is 9.40 Å². The molecule has 0 aromatic carbocycles. The Morgan fingerprint density at radius 1 is 1.33 bits per heavy atom. The van der Waals surface area contributed by atoms with E-state index in [2.05, 4.69) is 43.6 Å². The molecular weight excluding hydrogens is 262 g/mol. The number of ether oxygens (including phenoxy) is 1. The number of fused-ring (bicyclic) bond motifs is 1. The van der Waals surface area contributed by atoms with Crippen LogP contribution in [0.1, 0.15) is 38.1 Å². The highest BCUT2D eigenvalue weighted by atomic mass is 32.1. The van der Waals surface area contributed by atoms with E-state index in [0.29, 0.717) is 6.04 Å². The Labute approximate surface area is 117 Å². The highest BCUT2D eigenvalue weighted by molar-refractivity contribution is 7.26. The van der Waals surface area contributed by atoms with E-state index < -0.39 is 0 Å². The lowest BCUT2D eigenvalue weighted by Crippen LogP contribution is -2.26. The molecule has 0 radical (unpaired) electrons. The van der Waals surface area contributed by atoms with Crippen molar-refractivity contribution in [3.63, 3.8) is 0 Å². The van der Waals surface area contributed by atoms with Gasteiger partial charge >= 0.3 is 0 Å². The Kier molecular flexibility index (Phi) is 5.18.